The van der Waals surface area contributed by atoms with Crippen LogP contribution in [0, 0.1) is 6.92 Å². The van der Waals surface area contributed by atoms with Crippen LogP contribution in [0.1, 0.15) is 6.93 Å². The first-order valence-electron chi connectivity index (χ1n) is 17.7. The van der Waals surface area contributed by atoms with Gasteiger partial charge in [-0.05, 0) is 108 Å². The molecule has 50 heavy (non-hydrogen) atoms. The Hall–Kier alpha value is -6.44. The molecule has 0 aliphatic rings. The minimum absolute atomic E-state index is 0.537. The molecule has 0 aliphatic carbocycles. The van der Waals surface area contributed by atoms with Crippen LogP contribution in [0.5, 0.6) is 0 Å². The molecule has 0 atom stereocenters. The third-order valence-electron chi connectivity index (χ3n) is 10.3. The van der Waals surface area contributed by atoms with E-state index in [1.165, 1.54) is 66.1 Å². The lowest BCUT2D eigenvalue weighted by Crippen LogP contribution is -1.91. The van der Waals surface area contributed by atoms with Crippen LogP contribution in [-0.4, -0.2) is 0 Å². The molecule has 0 radical (unpaired) electrons. The second-order valence-corrected chi connectivity index (χ2v) is 13.2. The van der Waals surface area contributed by atoms with Gasteiger partial charge in [-0.3, -0.25) is 0 Å². The van der Waals surface area contributed by atoms with Gasteiger partial charge in [0.05, 0.1) is 1.37 Å². The van der Waals surface area contributed by atoms with E-state index in [1.807, 2.05) is 18.2 Å². The van der Waals surface area contributed by atoms with Gasteiger partial charge in [-0.2, -0.15) is 0 Å². The minimum Gasteiger partial charge on any atom is -0.456 e. The standard InChI is InChI=1S/C49H32O/c1-31-9-8-16-44-45-30-39(27-28-46(45)50-49(31)44)34-19-24-36(25-20-34)48-42-14-6-4-12-40(42)47(41-13-5-7-15-43(41)48)35-22-17-33(18-23-35)38-26-21-32-10-2-3-11-37(32)29-38/h2-30H,1H3/i2D. The summed E-state index contributed by atoms with van der Waals surface area (Å²) in [4.78, 5) is 0. The molecule has 0 fully saturated rings. The SMILES string of the molecule is [2H]c1ccc2cc(-c3ccc(-c4c5ccccc5c(-c5ccc(-c6ccc7oc8c(C)cccc8c7c6)cc5)c5ccccc45)cc3)ccc2c1. The van der Waals surface area contributed by atoms with Crippen molar-refractivity contribution in [3.63, 3.8) is 0 Å². The Morgan fingerprint density at radius 2 is 0.900 bits per heavy atom. The predicted molar refractivity (Wildman–Crippen MR) is 213 cm³/mol. The fourth-order valence-corrected chi connectivity index (χ4v) is 7.83. The molecule has 1 aromatic heterocycles. The highest BCUT2D eigenvalue weighted by molar-refractivity contribution is 6.21. The fourth-order valence-electron chi connectivity index (χ4n) is 7.83. The van der Waals surface area contributed by atoms with Crippen LogP contribution in [0.15, 0.2) is 180 Å². The molecular formula is C49H32O. The van der Waals surface area contributed by atoms with Crippen molar-refractivity contribution in [3.8, 4) is 44.5 Å². The first-order valence-corrected chi connectivity index (χ1v) is 17.2. The Labute approximate surface area is 292 Å². The maximum Gasteiger partial charge on any atom is 0.138 e. The molecule has 9 aromatic carbocycles. The van der Waals surface area contributed by atoms with Crippen LogP contribution in [0.4, 0.5) is 0 Å². The van der Waals surface area contributed by atoms with Crippen molar-refractivity contribution >= 4 is 54.3 Å². The number of fused-ring (bicyclic) bond motifs is 6. The van der Waals surface area contributed by atoms with Crippen LogP contribution in [0.25, 0.3) is 98.8 Å². The van der Waals surface area contributed by atoms with Crippen LogP contribution < -0.4 is 0 Å². The highest BCUT2D eigenvalue weighted by atomic mass is 16.3. The molecule has 0 N–H and O–H groups in total. The predicted octanol–water partition coefficient (Wildman–Crippen LogP) is 14.0. The first kappa shape index (κ1) is 27.5. The zero-order valence-corrected chi connectivity index (χ0v) is 27.6. The van der Waals surface area contributed by atoms with Crippen molar-refractivity contribution in [1.29, 1.82) is 0 Å². The molecule has 0 aliphatic heterocycles. The summed E-state index contributed by atoms with van der Waals surface area (Å²) in [5.74, 6) is 0. The zero-order valence-electron chi connectivity index (χ0n) is 28.6. The number of benzene rings is 9. The molecule has 234 valence electrons. The molecular weight excluding hydrogens is 605 g/mol. The molecule has 0 amide bonds. The summed E-state index contributed by atoms with van der Waals surface area (Å²) in [7, 11) is 0. The van der Waals surface area contributed by atoms with Crippen LogP contribution in [0.2, 0.25) is 0 Å². The minimum atomic E-state index is 0.537. The van der Waals surface area contributed by atoms with E-state index in [4.69, 9.17) is 5.79 Å². The molecule has 10 aromatic rings. The topological polar surface area (TPSA) is 13.1 Å². The van der Waals surface area contributed by atoms with Crippen LogP contribution in [-0.2, 0) is 0 Å². The summed E-state index contributed by atoms with van der Waals surface area (Å²) in [5, 5.41) is 9.53. The van der Waals surface area contributed by atoms with E-state index in [0.29, 0.717) is 6.04 Å². The van der Waals surface area contributed by atoms with Gasteiger partial charge in [0.25, 0.3) is 0 Å². The lowest BCUT2D eigenvalue weighted by molar-refractivity contribution is 0.666. The third-order valence-corrected chi connectivity index (χ3v) is 10.3. The number of furan rings is 1. The van der Waals surface area contributed by atoms with Crippen LogP contribution >= 0.6 is 0 Å². The summed E-state index contributed by atoms with van der Waals surface area (Å²) >= 11 is 0. The molecule has 0 unspecified atom stereocenters. The maximum atomic E-state index is 7.96. The van der Waals surface area contributed by atoms with Gasteiger partial charge in [0.2, 0.25) is 0 Å². The Balaban J connectivity index is 1.07. The lowest BCUT2D eigenvalue weighted by atomic mass is 9.85. The highest BCUT2D eigenvalue weighted by Gasteiger charge is 2.17. The van der Waals surface area contributed by atoms with Crippen molar-refractivity contribution < 1.29 is 5.79 Å². The molecule has 1 heteroatoms. The lowest BCUT2D eigenvalue weighted by Gasteiger charge is -2.18. The van der Waals surface area contributed by atoms with Crippen molar-refractivity contribution in [2.24, 2.45) is 0 Å². The Bertz CT molecular complexity index is 2910. The molecule has 0 saturated carbocycles. The van der Waals surface area contributed by atoms with Gasteiger partial charge in [-0.1, -0.05) is 158 Å². The summed E-state index contributed by atoms with van der Waals surface area (Å²) in [5.41, 5.74) is 12.7. The number of hydrogen-bond acceptors (Lipinski definition) is 1. The number of para-hydroxylation sites is 1. The maximum absolute atomic E-state index is 7.96. The van der Waals surface area contributed by atoms with E-state index >= 15 is 0 Å². The second kappa shape index (κ2) is 11.3. The van der Waals surface area contributed by atoms with Gasteiger partial charge in [-0.25, -0.2) is 0 Å². The smallest absolute Gasteiger partial charge is 0.138 e. The molecule has 10 rings (SSSR count). The highest BCUT2D eigenvalue weighted by Crippen LogP contribution is 2.44. The van der Waals surface area contributed by atoms with Crippen molar-refractivity contribution in [2.45, 2.75) is 6.92 Å². The monoisotopic (exact) mass is 637 g/mol. The second-order valence-electron chi connectivity index (χ2n) is 13.2. The van der Waals surface area contributed by atoms with Gasteiger partial charge in [0, 0.05) is 10.8 Å². The van der Waals surface area contributed by atoms with Gasteiger partial charge < -0.3 is 4.42 Å². The average molecular weight is 638 g/mol. The number of aryl methyl sites for hydroxylation is 1. The first-order chi connectivity index (χ1) is 25.1. The molecule has 0 bridgehead atoms. The number of hydrogen-bond donors (Lipinski definition) is 0. The largest absolute Gasteiger partial charge is 0.456 e. The van der Waals surface area contributed by atoms with E-state index in [2.05, 4.69) is 159 Å². The van der Waals surface area contributed by atoms with Gasteiger partial charge in [0.15, 0.2) is 0 Å². The molecule has 0 saturated heterocycles. The van der Waals surface area contributed by atoms with Gasteiger partial charge >= 0.3 is 0 Å². The average Bonchev–Trinajstić information content (AvgIpc) is 3.56. The summed E-state index contributed by atoms with van der Waals surface area (Å²) in [6.45, 7) is 2.10. The van der Waals surface area contributed by atoms with Crippen molar-refractivity contribution in [3.05, 3.63) is 181 Å². The zero-order chi connectivity index (χ0) is 34.1. The third kappa shape index (κ3) is 4.55. The quantitative estimate of drug-likeness (QED) is 0.175. The Morgan fingerprint density at radius 1 is 0.380 bits per heavy atom. The van der Waals surface area contributed by atoms with E-state index in [-0.39, 0.29) is 0 Å². The van der Waals surface area contributed by atoms with Crippen molar-refractivity contribution in [1.82, 2.24) is 0 Å². The fraction of sp³-hybridized carbons (Fsp3) is 0.0204. The molecule has 1 nitrogen and oxygen atoms in total. The summed E-state index contributed by atoms with van der Waals surface area (Å²) < 4.78 is 14.2. The Morgan fingerprint density at radius 3 is 1.52 bits per heavy atom. The van der Waals surface area contributed by atoms with Crippen molar-refractivity contribution in [2.75, 3.05) is 0 Å². The summed E-state index contributed by atoms with van der Waals surface area (Å²) in [6.07, 6.45) is 0. The molecule has 1 heterocycles. The van der Waals surface area contributed by atoms with Gasteiger partial charge in [-0.15, -0.1) is 0 Å². The van der Waals surface area contributed by atoms with Gasteiger partial charge in [0.1, 0.15) is 11.2 Å². The van der Waals surface area contributed by atoms with E-state index in [9.17, 15) is 0 Å². The Kier molecular flexibility index (Phi) is 6.23. The van der Waals surface area contributed by atoms with E-state index in [1.54, 1.807) is 0 Å². The number of rotatable bonds is 4. The van der Waals surface area contributed by atoms with E-state index < -0.39 is 0 Å². The van der Waals surface area contributed by atoms with E-state index in [0.717, 1.165) is 38.3 Å². The van der Waals surface area contributed by atoms with Crippen LogP contribution in [0.3, 0.4) is 0 Å². The normalized spacial score (nSPS) is 12.0. The summed E-state index contributed by atoms with van der Waals surface area (Å²) in [6, 6.07) is 61.4. The molecule has 0 spiro atoms.